The van der Waals surface area contributed by atoms with Gasteiger partial charge in [-0.15, -0.1) is 0 Å². The molecule has 0 radical (unpaired) electrons. The Morgan fingerprint density at radius 3 is 2.29 bits per heavy atom. The molecule has 0 N–H and O–H groups in total. The van der Waals surface area contributed by atoms with E-state index in [4.69, 9.17) is 9.47 Å². The van der Waals surface area contributed by atoms with Crippen LogP contribution in [0.5, 0.6) is 11.5 Å². The van der Waals surface area contributed by atoms with Crippen LogP contribution in [0.25, 0.3) is 0 Å². The van der Waals surface area contributed by atoms with E-state index in [0.29, 0.717) is 50.4 Å². The Hall–Kier alpha value is -2.58. The Morgan fingerprint density at radius 2 is 1.65 bits per heavy atom. The van der Waals surface area contributed by atoms with E-state index >= 15 is 0 Å². The largest absolute Gasteiger partial charge is 0.493 e. The van der Waals surface area contributed by atoms with Gasteiger partial charge in [0.05, 0.1) is 19.1 Å². The van der Waals surface area contributed by atoms with Gasteiger partial charge in [0, 0.05) is 19.6 Å². The maximum Gasteiger partial charge on any atom is 0.243 e. The predicted octanol–water partition coefficient (Wildman–Crippen LogP) is 2.75. The van der Waals surface area contributed by atoms with Crippen LogP contribution in [0.15, 0.2) is 41.3 Å². The van der Waals surface area contributed by atoms with Gasteiger partial charge in [0.1, 0.15) is 6.04 Å². The summed E-state index contributed by atoms with van der Waals surface area (Å²) in [5.41, 5.74) is 3.12. The van der Waals surface area contributed by atoms with Crippen LogP contribution < -0.4 is 9.47 Å². The lowest BCUT2D eigenvalue weighted by Gasteiger charge is -2.33. The summed E-state index contributed by atoms with van der Waals surface area (Å²) in [4.78, 5) is 15.4. The number of aryl methyl sites for hydroxylation is 1. The summed E-state index contributed by atoms with van der Waals surface area (Å²) in [5, 5.41) is 0. The molecule has 8 heteroatoms. The van der Waals surface area contributed by atoms with Crippen LogP contribution in [0.3, 0.4) is 0 Å². The summed E-state index contributed by atoms with van der Waals surface area (Å²) < 4.78 is 38.6. The first kappa shape index (κ1) is 21.6. The molecular formula is C23H28N2O5S. The highest BCUT2D eigenvalue weighted by molar-refractivity contribution is 7.89. The van der Waals surface area contributed by atoms with Crippen molar-refractivity contribution >= 4 is 15.9 Å². The lowest BCUT2D eigenvalue weighted by Crippen LogP contribution is -2.49. The van der Waals surface area contributed by atoms with E-state index in [2.05, 4.69) is 0 Å². The average molecular weight is 445 g/mol. The van der Waals surface area contributed by atoms with Crippen molar-refractivity contribution in [1.29, 1.82) is 0 Å². The fraction of sp³-hybridized carbons (Fsp3) is 0.435. The summed E-state index contributed by atoms with van der Waals surface area (Å²) in [6, 6.07) is 9.99. The van der Waals surface area contributed by atoms with E-state index in [1.165, 1.54) is 4.31 Å². The SMILES string of the molecule is COc1cc2c(cc1OC)CN(C(=O)[C@H]1CCCN1S(=O)(=O)c1ccc(C)cc1)CC2. The van der Waals surface area contributed by atoms with E-state index < -0.39 is 16.1 Å². The van der Waals surface area contributed by atoms with Gasteiger partial charge < -0.3 is 14.4 Å². The van der Waals surface area contributed by atoms with Gasteiger partial charge in [-0.25, -0.2) is 8.42 Å². The van der Waals surface area contributed by atoms with Crippen molar-refractivity contribution in [2.45, 2.75) is 43.7 Å². The molecule has 1 fully saturated rings. The summed E-state index contributed by atoms with van der Waals surface area (Å²) >= 11 is 0. The third-order valence-electron chi connectivity index (χ3n) is 6.15. The minimum atomic E-state index is -3.72. The second kappa shape index (κ2) is 8.51. The number of ether oxygens (including phenoxy) is 2. The van der Waals surface area contributed by atoms with Crippen LogP contribution in [0.2, 0.25) is 0 Å². The highest BCUT2D eigenvalue weighted by Gasteiger charge is 2.41. The summed E-state index contributed by atoms with van der Waals surface area (Å²) in [7, 11) is -0.530. The quantitative estimate of drug-likeness (QED) is 0.709. The maximum absolute atomic E-state index is 13.4. The van der Waals surface area contributed by atoms with Crippen molar-refractivity contribution in [3.8, 4) is 11.5 Å². The molecule has 0 spiro atoms. The number of carbonyl (C=O) groups excluding carboxylic acids is 1. The number of hydrogen-bond acceptors (Lipinski definition) is 5. The van der Waals surface area contributed by atoms with Crippen LogP contribution in [0, 0.1) is 6.92 Å². The Bertz CT molecular complexity index is 1080. The van der Waals surface area contributed by atoms with Crippen molar-refractivity contribution in [3.05, 3.63) is 53.1 Å². The Kier molecular flexibility index (Phi) is 5.94. The average Bonchev–Trinajstić information content (AvgIpc) is 3.28. The van der Waals surface area contributed by atoms with Crippen molar-refractivity contribution in [3.63, 3.8) is 0 Å². The molecule has 1 saturated heterocycles. The minimum absolute atomic E-state index is 0.131. The van der Waals surface area contributed by atoms with E-state index in [1.807, 2.05) is 19.1 Å². The molecule has 2 heterocycles. The first-order valence-corrected chi connectivity index (χ1v) is 11.9. The van der Waals surface area contributed by atoms with Gasteiger partial charge in [0.15, 0.2) is 11.5 Å². The predicted molar refractivity (Wildman–Crippen MR) is 117 cm³/mol. The van der Waals surface area contributed by atoms with Crippen molar-refractivity contribution in [2.24, 2.45) is 0 Å². The minimum Gasteiger partial charge on any atom is -0.493 e. The van der Waals surface area contributed by atoms with Crippen LogP contribution in [0.1, 0.15) is 29.5 Å². The van der Waals surface area contributed by atoms with Crippen molar-refractivity contribution < 1.29 is 22.7 Å². The van der Waals surface area contributed by atoms with E-state index in [0.717, 1.165) is 16.7 Å². The molecule has 4 rings (SSSR count). The van der Waals surface area contributed by atoms with Gasteiger partial charge in [0.25, 0.3) is 0 Å². The molecule has 2 aliphatic rings. The summed E-state index contributed by atoms with van der Waals surface area (Å²) in [6.07, 6.45) is 1.91. The second-order valence-corrected chi connectivity index (χ2v) is 9.96. The van der Waals surface area contributed by atoms with Crippen molar-refractivity contribution in [2.75, 3.05) is 27.3 Å². The standard InChI is InChI=1S/C23H28N2O5S/c1-16-6-8-19(9-7-16)31(27,28)25-11-4-5-20(25)23(26)24-12-10-17-13-21(29-2)22(30-3)14-18(17)15-24/h6-9,13-14,20H,4-5,10-12,15H2,1-3H3/t20-/m1/s1. The van der Waals surface area contributed by atoms with Crippen LogP contribution in [-0.4, -0.2) is 56.9 Å². The second-order valence-electron chi connectivity index (χ2n) is 8.07. The third kappa shape index (κ3) is 4.02. The fourth-order valence-electron chi connectivity index (χ4n) is 4.40. The monoisotopic (exact) mass is 444 g/mol. The molecule has 2 aliphatic heterocycles. The fourth-order valence-corrected chi connectivity index (χ4v) is 6.05. The number of sulfonamides is 1. The maximum atomic E-state index is 13.4. The van der Waals surface area contributed by atoms with Gasteiger partial charge in [-0.3, -0.25) is 4.79 Å². The number of carbonyl (C=O) groups is 1. The van der Waals surface area contributed by atoms with Gasteiger partial charge >= 0.3 is 0 Å². The first-order chi connectivity index (χ1) is 14.8. The van der Waals surface area contributed by atoms with Gasteiger partial charge in [-0.2, -0.15) is 4.31 Å². The van der Waals surface area contributed by atoms with Crippen LogP contribution >= 0.6 is 0 Å². The van der Waals surface area contributed by atoms with Gasteiger partial charge in [-0.05, 0) is 61.6 Å². The third-order valence-corrected chi connectivity index (χ3v) is 8.07. The lowest BCUT2D eigenvalue weighted by atomic mass is 9.98. The molecule has 0 aromatic heterocycles. The molecule has 7 nitrogen and oxygen atoms in total. The smallest absolute Gasteiger partial charge is 0.243 e. The molecule has 0 unspecified atom stereocenters. The molecular weight excluding hydrogens is 416 g/mol. The molecule has 0 aliphatic carbocycles. The first-order valence-electron chi connectivity index (χ1n) is 10.5. The summed E-state index contributed by atoms with van der Waals surface area (Å²) in [5.74, 6) is 1.17. The van der Waals surface area contributed by atoms with Crippen LogP contribution in [-0.2, 0) is 27.8 Å². The molecule has 31 heavy (non-hydrogen) atoms. The number of fused-ring (bicyclic) bond motifs is 1. The number of hydrogen-bond donors (Lipinski definition) is 0. The van der Waals surface area contributed by atoms with Gasteiger partial charge in [0.2, 0.25) is 15.9 Å². The van der Waals surface area contributed by atoms with E-state index in [9.17, 15) is 13.2 Å². The molecule has 1 atom stereocenters. The normalized spacial score (nSPS) is 19.2. The molecule has 166 valence electrons. The molecule has 2 aromatic rings. The number of nitrogens with zero attached hydrogens (tertiary/aromatic N) is 2. The highest BCUT2D eigenvalue weighted by Crippen LogP contribution is 2.34. The number of rotatable bonds is 5. The lowest BCUT2D eigenvalue weighted by molar-refractivity contribution is -0.135. The summed E-state index contributed by atoms with van der Waals surface area (Å²) in [6.45, 7) is 3.26. The zero-order chi connectivity index (χ0) is 22.2. The molecule has 1 amide bonds. The number of amides is 1. The van der Waals surface area contributed by atoms with Crippen LogP contribution in [0.4, 0.5) is 0 Å². The molecule has 0 bridgehead atoms. The van der Waals surface area contributed by atoms with Crippen molar-refractivity contribution in [1.82, 2.24) is 9.21 Å². The number of benzene rings is 2. The topological polar surface area (TPSA) is 76.2 Å². The number of methoxy groups -OCH3 is 2. The van der Waals surface area contributed by atoms with E-state index in [1.54, 1.807) is 43.4 Å². The zero-order valence-corrected chi connectivity index (χ0v) is 18.9. The Labute approximate surface area is 183 Å². The highest BCUT2D eigenvalue weighted by atomic mass is 32.2. The van der Waals surface area contributed by atoms with E-state index in [-0.39, 0.29) is 10.8 Å². The Balaban J connectivity index is 1.56. The zero-order valence-electron chi connectivity index (χ0n) is 18.1. The Morgan fingerprint density at radius 1 is 1.00 bits per heavy atom. The van der Waals surface area contributed by atoms with Gasteiger partial charge in [-0.1, -0.05) is 17.7 Å². The molecule has 0 saturated carbocycles. The molecule has 2 aromatic carbocycles.